The van der Waals surface area contributed by atoms with Crippen LogP contribution in [0.3, 0.4) is 0 Å². The summed E-state index contributed by atoms with van der Waals surface area (Å²) in [6.07, 6.45) is 0.804. The monoisotopic (exact) mass is 253 g/mol. The highest BCUT2D eigenvalue weighted by atomic mass is 79.9. The second-order valence-electron chi connectivity index (χ2n) is 3.33. The second-order valence-corrected chi connectivity index (χ2v) is 4.25. The van der Waals surface area contributed by atoms with Crippen molar-refractivity contribution < 1.29 is 4.42 Å². The van der Waals surface area contributed by atoms with E-state index in [0.717, 1.165) is 22.2 Å². The van der Waals surface area contributed by atoms with Crippen molar-refractivity contribution in [3.63, 3.8) is 0 Å². The maximum absolute atomic E-state index is 5.69. The molecule has 0 aliphatic carbocycles. The lowest BCUT2D eigenvalue weighted by Crippen LogP contribution is -2.02. The average Bonchev–Trinajstić information content (AvgIpc) is 2.46. The number of rotatable bonds is 2. The summed E-state index contributed by atoms with van der Waals surface area (Å²) in [7, 11) is 0. The van der Waals surface area contributed by atoms with Crippen molar-refractivity contribution in [3.8, 4) is 0 Å². The molecule has 2 rings (SSSR count). The Balaban J connectivity index is 2.62. The molecule has 0 saturated heterocycles. The molecule has 2 aromatic rings. The molecule has 0 bridgehead atoms. The molecule has 0 unspecified atom stereocenters. The van der Waals surface area contributed by atoms with Crippen molar-refractivity contribution in [1.82, 2.24) is 0 Å². The number of hydrogen-bond acceptors (Lipinski definition) is 2. The van der Waals surface area contributed by atoms with Gasteiger partial charge in [-0.2, -0.15) is 0 Å². The summed E-state index contributed by atoms with van der Waals surface area (Å²) in [5.41, 5.74) is 7.65. The molecule has 3 heteroatoms. The zero-order chi connectivity index (χ0) is 10.1. The quantitative estimate of drug-likeness (QED) is 0.894. The molecule has 0 radical (unpaired) electrons. The second kappa shape index (κ2) is 3.75. The lowest BCUT2D eigenvalue weighted by atomic mass is 10.1. The van der Waals surface area contributed by atoms with E-state index in [9.17, 15) is 0 Å². The predicted molar refractivity (Wildman–Crippen MR) is 61.4 cm³/mol. The van der Waals surface area contributed by atoms with Crippen LogP contribution in [0.5, 0.6) is 0 Å². The van der Waals surface area contributed by atoms with Crippen molar-refractivity contribution >= 4 is 26.9 Å². The third kappa shape index (κ3) is 1.57. The number of aryl methyl sites for hydroxylation is 1. The maximum atomic E-state index is 5.69. The number of hydrogen-bond donors (Lipinski definition) is 1. The largest absolute Gasteiger partial charge is 0.461 e. The molecule has 2 N–H and O–H groups in total. The van der Waals surface area contributed by atoms with Gasteiger partial charge in [-0.3, -0.25) is 0 Å². The molecule has 0 spiro atoms. The molecule has 0 fully saturated rings. The van der Waals surface area contributed by atoms with Gasteiger partial charge in [0.15, 0.2) is 0 Å². The van der Waals surface area contributed by atoms with Gasteiger partial charge in [-0.25, -0.2) is 0 Å². The van der Waals surface area contributed by atoms with Crippen molar-refractivity contribution in [1.29, 1.82) is 0 Å². The van der Waals surface area contributed by atoms with Gasteiger partial charge in [0.2, 0.25) is 0 Å². The fraction of sp³-hybridized carbons (Fsp3) is 0.273. The molecule has 2 nitrogen and oxygen atoms in total. The van der Waals surface area contributed by atoms with E-state index >= 15 is 0 Å². The van der Waals surface area contributed by atoms with Crippen LogP contribution in [0.1, 0.15) is 11.3 Å². The van der Waals surface area contributed by atoms with Gasteiger partial charge in [-0.1, -0.05) is 15.9 Å². The first-order chi connectivity index (χ1) is 6.72. The normalized spacial score (nSPS) is 11.1. The molecule has 0 aliphatic rings. The zero-order valence-corrected chi connectivity index (χ0v) is 9.60. The highest BCUT2D eigenvalue weighted by Crippen LogP contribution is 2.27. The average molecular weight is 254 g/mol. The molecule has 74 valence electrons. The van der Waals surface area contributed by atoms with Crippen LogP contribution in [0, 0.1) is 6.92 Å². The number of fused-ring (bicyclic) bond motifs is 1. The Kier molecular flexibility index (Phi) is 2.61. The predicted octanol–water partition coefficient (Wildman–Crippen LogP) is 3.00. The van der Waals surface area contributed by atoms with Crippen LogP contribution in [0.25, 0.3) is 11.0 Å². The van der Waals surface area contributed by atoms with Crippen molar-refractivity contribution in [3.05, 3.63) is 34.0 Å². The van der Waals surface area contributed by atoms with Gasteiger partial charge < -0.3 is 10.2 Å². The molecule has 1 aromatic heterocycles. The fourth-order valence-electron chi connectivity index (χ4n) is 1.61. The van der Waals surface area contributed by atoms with Gasteiger partial charge in [-0.05, 0) is 37.2 Å². The van der Waals surface area contributed by atoms with Gasteiger partial charge in [0.1, 0.15) is 11.3 Å². The lowest BCUT2D eigenvalue weighted by Gasteiger charge is -1.92. The minimum atomic E-state index is 0.627. The molecule has 0 saturated carbocycles. The van der Waals surface area contributed by atoms with E-state index in [-0.39, 0.29) is 0 Å². The molecule has 0 amide bonds. The molecule has 1 aromatic carbocycles. The summed E-state index contributed by atoms with van der Waals surface area (Å²) < 4.78 is 6.77. The summed E-state index contributed by atoms with van der Waals surface area (Å²) >= 11 is 3.45. The van der Waals surface area contributed by atoms with Crippen LogP contribution in [-0.2, 0) is 6.42 Å². The lowest BCUT2D eigenvalue weighted by molar-refractivity contribution is 0.546. The van der Waals surface area contributed by atoms with Crippen LogP contribution >= 0.6 is 15.9 Å². The van der Waals surface area contributed by atoms with E-state index in [1.807, 2.05) is 12.1 Å². The van der Waals surface area contributed by atoms with Crippen molar-refractivity contribution in [2.75, 3.05) is 6.54 Å². The number of benzene rings is 1. The van der Waals surface area contributed by atoms with E-state index in [4.69, 9.17) is 10.2 Å². The smallest absolute Gasteiger partial charge is 0.134 e. The van der Waals surface area contributed by atoms with Gasteiger partial charge >= 0.3 is 0 Å². The van der Waals surface area contributed by atoms with E-state index in [2.05, 4.69) is 28.9 Å². The van der Waals surface area contributed by atoms with E-state index in [1.165, 1.54) is 10.9 Å². The Morgan fingerprint density at radius 1 is 1.43 bits per heavy atom. The zero-order valence-electron chi connectivity index (χ0n) is 8.01. The van der Waals surface area contributed by atoms with Crippen LogP contribution in [0.2, 0.25) is 0 Å². The SMILES string of the molecule is Cc1c(CCN)oc2ccc(Br)cc12. The molecular weight excluding hydrogens is 242 g/mol. The third-order valence-electron chi connectivity index (χ3n) is 2.37. The molecule has 14 heavy (non-hydrogen) atoms. The van der Waals surface area contributed by atoms with E-state index in [0.29, 0.717) is 6.54 Å². The van der Waals surface area contributed by atoms with E-state index < -0.39 is 0 Å². The first kappa shape index (κ1) is 9.74. The fourth-order valence-corrected chi connectivity index (χ4v) is 1.97. The highest BCUT2D eigenvalue weighted by molar-refractivity contribution is 9.10. The van der Waals surface area contributed by atoms with Gasteiger partial charge in [-0.15, -0.1) is 0 Å². The van der Waals surface area contributed by atoms with Crippen LogP contribution in [-0.4, -0.2) is 6.54 Å². The Labute approximate surface area is 91.2 Å². The highest BCUT2D eigenvalue weighted by Gasteiger charge is 2.09. The Hall–Kier alpha value is -0.800. The Morgan fingerprint density at radius 3 is 2.93 bits per heavy atom. The van der Waals surface area contributed by atoms with Crippen molar-refractivity contribution in [2.24, 2.45) is 5.73 Å². The summed E-state index contributed by atoms with van der Waals surface area (Å²) in [4.78, 5) is 0. The summed E-state index contributed by atoms with van der Waals surface area (Å²) in [5, 5.41) is 1.17. The number of nitrogens with two attached hydrogens (primary N) is 1. The molecule has 1 heterocycles. The summed E-state index contributed by atoms with van der Waals surface area (Å²) in [6, 6.07) is 6.04. The van der Waals surface area contributed by atoms with Crippen LogP contribution in [0.4, 0.5) is 0 Å². The molecule has 0 aliphatic heterocycles. The summed E-state index contributed by atoms with van der Waals surface area (Å²) in [5.74, 6) is 1.00. The Morgan fingerprint density at radius 2 is 2.21 bits per heavy atom. The third-order valence-corrected chi connectivity index (χ3v) is 2.86. The Bertz CT molecular complexity index is 462. The van der Waals surface area contributed by atoms with Gasteiger partial charge in [0, 0.05) is 16.3 Å². The van der Waals surface area contributed by atoms with Gasteiger partial charge in [0.25, 0.3) is 0 Å². The number of furan rings is 1. The molecular formula is C11H12BrNO. The number of halogens is 1. The van der Waals surface area contributed by atoms with Crippen LogP contribution < -0.4 is 5.73 Å². The minimum absolute atomic E-state index is 0.627. The van der Waals surface area contributed by atoms with Crippen LogP contribution in [0.15, 0.2) is 27.1 Å². The topological polar surface area (TPSA) is 39.2 Å². The van der Waals surface area contributed by atoms with Crippen molar-refractivity contribution in [2.45, 2.75) is 13.3 Å². The van der Waals surface area contributed by atoms with Gasteiger partial charge in [0.05, 0.1) is 0 Å². The maximum Gasteiger partial charge on any atom is 0.134 e. The first-order valence-electron chi connectivity index (χ1n) is 4.60. The first-order valence-corrected chi connectivity index (χ1v) is 5.39. The van der Waals surface area contributed by atoms with E-state index in [1.54, 1.807) is 0 Å². The summed E-state index contributed by atoms with van der Waals surface area (Å²) in [6.45, 7) is 2.70. The minimum Gasteiger partial charge on any atom is -0.461 e. The standard InChI is InChI=1S/C11H12BrNO/c1-7-9-6-8(12)2-3-11(9)14-10(7)4-5-13/h2-3,6H,4-5,13H2,1H3. The molecule has 0 atom stereocenters.